The predicted molar refractivity (Wildman–Crippen MR) is 69.4 cm³/mol. The van der Waals surface area contributed by atoms with Gasteiger partial charge in [-0.25, -0.2) is 0 Å². The first kappa shape index (κ1) is 12.3. The molecule has 2 rings (SSSR count). The molecule has 0 spiro atoms. The van der Waals surface area contributed by atoms with E-state index in [4.69, 9.17) is 5.11 Å². The summed E-state index contributed by atoms with van der Waals surface area (Å²) in [6, 6.07) is 7.74. The maximum absolute atomic E-state index is 10.9. The summed E-state index contributed by atoms with van der Waals surface area (Å²) in [5, 5.41) is 21.9. The van der Waals surface area contributed by atoms with Gasteiger partial charge in [0.15, 0.2) is 5.82 Å². The molecule has 2 N–H and O–H groups in total. The molecule has 0 saturated heterocycles. The number of fused-ring (bicyclic) bond motifs is 1. The molecule has 0 bridgehead atoms. The number of hydrogen-bond acceptors (Lipinski definition) is 4. The Morgan fingerprint density at radius 3 is 2.94 bits per heavy atom. The Bertz CT molecular complexity index is 551. The minimum Gasteiger partial charge on any atom is -0.481 e. The SMILES string of the molecule is CCC(CNc1nncc2ccccc12)C(=O)O. The Labute approximate surface area is 105 Å². The van der Waals surface area contributed by atoms with Crippen molar-refractivity contribution in [1.29, 1.82) is 0 Å². The maximum Gasteiger partial charge on any atom is 0.308 e. The third-order valence-corrected chi connectivity index (χ3v) is 2.93. The Morgan fingerprint density at radius 1 is 1.44 bits per heavy atom. The first-order chi connectivity index (χ1) is 8.72. The van der Waals surface area contributed by atoms with E-state index in [0.717, 1.165) is 10.8 Å². The second-order valence-corrected chi connectivity index (χ2v) is 4.10. The number of carboxylic acid groups (broad SMARTS) is 1. The van der Waals surface area contributed by atoms with Crippen LogP contribution in [0.4, 0.5) is 5.82 Å². The first-order valence-electron chi connectivity index (χ1n) is 5.89. The molecule has 2 aromatic rings. The zero-order valence-corrected chi connectivity index (χ0v) is 10.1. The fourth-order valence-electron chi connectivity index (χ4n) is 1.78. The fourth-order valence-corrected chi connectivity index (χ4v) is 1.78. The molecule has 1 unspecified atom stereocenters. The summed E-state index contributed by atoms with van der Waals surface area (Å²) in [4.78, 5) is 10.9. The van der Waals surface area contributed by atoms with E-state index in [-0.39, 0.29) is 0 Å². The number of nitrogens with one attached hydrogen (secondary N) is 1. The van der Waals surface area contributed by atoms with Crippen molar-refractivity contribution < 1.29 is 9.90 Å². The van der Waals surface area contributed by atoms with Crippen LogP contribution in [0.1, 0.15) is 13.3 Å². The zero-order valence-electron chi connectivity index (χ0n) is 10.1. The van der Waals surface area contributed by atoms with Crippen LogP contribution in [0, 0.1) is 5.92 Å². The van der Waals surface area contributed by atoms with Crippen LogP contribution in [0.25, 0.3) is 10.8 Å². The van der Waals surface area contributed by atoms with Crippen molar-refractivity contribution in [2.45, 2.75) is 13.3 Å². The number of aromatic nitrogens is 2. The molecule has 0 fully saturated rings. The second-order valence-electron chi connectivity index (χ2n) is 4.10. The molecule has 0 amide bonds. The smallest absolute Gasteiger partial charge is 0.308 e. The highest BCUT2D eigenvalue weighted by atomic mass is 16.4. The molecule has 0 aliphatic rings. The zero-order chi connectivity index (χ0) is 13.0. The lowest BCUT2D eigenvalue weighted by molar-refractivity contribution is -0.141. The van der Waals surface area contributed by atoms with E-state index in [1.54, 1.807) is 6.20 Å². The van der Waals surface area contributed by atoms with Gasteiger partial charge in [0, 0.05) is 17.3 Å². The fraction of sp³-hybridized carbons (Fsp3) is 0.308. The molecule has 18 heavy (non-hydrogen) atoms. The molecule has 1 heterocycles. The maximum atomic E-state index is 10.9. The summed E-state index contributed by atoms with van der Waals surface area (Å²) in [5.41, 5.74) is 0. The molecule has 1 aromatic heterocycles. The van der Waals surface area contributed by atoms with Gasteiger partial charge in [0.2, 0.25) is 0 Å². The minimum absolute atomic E-state index is 0.356. The molecule has 0 saturated carbocycles. The molecule has 94 valence electrons. The van der Waals surface area contributed by atoms with Crippen LogP contribution in [-0.4, -0.2) is 27.8 Å². The first-order valence-corrected chi connectivity index (χ1v) is 5.89. The number of carbonyl (C=O) groups is 1. The van der Waals surface area contributed by atoms with E-state index in [1.165, 1.54) is 0 Å². The van der Waals surface area contributed by atoms with Crippen molar-refractivity contribution in [3.8, 4) is 0 Å². The van der Waals surface area contributed by atoms with Gasteiger partial charge in [-0.1, -0.05) is 31.2 Å². The number of hydrogen-bond donors (Lipinski definition) is 2. The Kier molecular flexibility index (Phi) is 3.72. The van der Waals surface area contributed by atoms with E-state index in [0.29, 0.717) is 18.8 Å². The highest BCUT2D eigenvalue weighted by molar-refractivity contribution is 5.90. The molecular formula is C13H15N3O2. The quantitative estimate of drug-likeness (QED) is 0.844. The second kappa shape index (κ2) is 5.44. The summed E-state index contributed by atoms with van der Waals surface area (Å²) >= 11 is 0. The number of nitrogens with zero attached hydrogens (tertiary/aromatic N) is 2. The average molecular weight is 245 g/mol. The normalized spacial score (nSPS) is 12.3. The third-order valence-electron chi connectivity index (χ3n) is 2.93. The van der Waals surface area contributed by atoms with Crippen LogP contribution in [0.5, 0.6) is 0 Å². The predicted octanol–water partition coefficient (Wildman–Crippen LogP) is 2.15. The summed E-state index contributed by atoms with van der Waals surface area (Å²) in [5.74, 6) is -0.572. The number of anilines is 1. The van der Waals surface area contributed by atoms with Gasteiger partial charge in [0.1, 0.15) is 0 Å². The monoisotopic (exact) mass is 245 g/mol. The average Bonchev–Trinajstić information content (AvgIpc) is 2.39. The van der Waals surface area contributed by atoms with Gasteiger partial charge in [0.05, 0.1) is 12.1 Å². The lowest BCUT2D eigenvalue weighted by atomic mass is 10.1. The Morgan fingerprint density at radius 2 is 2.22 bits per heavy atom. The van der Waals surface area contributed by atoms with E-state index >= 15 is 0 Å². The lowest BCUT2D eigenvalue weighted by Crippen LogP contribution is -2.22. The highest BCUT2D eigenvalue weighted by Crippen LogP contribution is 2.19. The van der Waals surface area contributed by atoms with Gasteiger partial charge < -0.3 is 10.4 Å². The summed E-state index contributed by atoms with van der Waals surface area (Å²) in [6.45, 7) is 2.21. The number of rotatable bonds is 5. The molecule has 5 heteroatoms. The Balaban J connectivity index is 2.19. The van der Waals surface area contributed by atoms with Crippen molar-refractivity contribution >= 4 is 22.6 Å². The van der Waals surface area contributed by atoms with Crippen LogP contribution in [-0.2, 0) is 4.79 Å². The molecule has 5 nitrogen and oxygen atoms in total. The molecule has 0 aliphatic heterocycles. The summed E-state index contributed by atoms with van der Waals surface area (Å²) in [6.07, 6.45) is 2.27. The Hall–Kier alpha value is -2.17. The molecule has 0 aliphatic carbocycles. The van der Waals surface area contributed by atoms with E-state index in [1.807, 2.05) is 31.2 Å². The standard InChI is InChI=1S/C13H15N3O2/c1-2-9(13(17)18)7-14-12-11-6-4-3-5-10(11)8-15-16-12/h3-6,8-9H,2,7H2,1H3,(H,14,16)(H,17,18). The van der Waals surface area contributed by atoms with Crippen LogP contribution in [0.2, 0.25) is 0 Å². The van der Waals surface area contributed by atoms with Crippen LogP contribution in [0.15, 0.2) is 30.5 Å². The number of aliphatic carboxylic acids is 1. The van der Waals surface area contributed by atoms with Gasteiger partial charge in [-0.3, -0.25) is 4.79 Å². The van der Waals surface area contributed by atoms with Crippen LogP contribution in [0.3, 0.4) is 0 Å². The lowest BCUT2D eigenvalue weighted by Gasteiger charge is -2.12. The number of benzene rings is 1. The van der Waals surface area contributed by atoms with Gasteiger partial charge in [0.25, 0.3) is 0 Å². The molecule has 1 atom stereocenters. The van der Waals surface area contributed by atoms with Crippen LogP contribution < -0.4 is 5.32 Å². The highest BCUT2D eigenvalue weighted by Gasteiger charge is 2.15. The van der Waals surface area contributed by atoms with Crippen LogP contribution >= 0.6 is 0 Å². The topological polar surface area (TPSA) is 75.1 Å². The molecule has 1 aromatic carbocycles. The van der Waals surface area contributed by atoms with Gasteiger partial charge in [-0.05, 0) is 6.42 Å². The summed E-state index contributed by atoms with van der Waals surface area (Å²) < 4.78 is 0. The van der Waals surface area contributed by atoms with Crippen molar-refractivity contribution in [2.75, 3.05) is 11.9 Å². The van der Waals surface area contributed by atoms with Gasteiger partial charge >= 0.3 is 5.97 Å². The number of carboxylic acids is 1. The van der Waals surface area contributed by atoms with Crippen molar-refractivity contribution in [2.24, 2.45) is 5.92 Å². The van der Waals surface area contributed by atoms with Gasteiger partial charge in [-0.15, -0.1) is 5.10 Å². The summed E-state index contributed by atoms with van der Waals surface area (Å²) in [7, 11) is 0. The third kappa shape index (κ3) is 2.56. The van der Waals surface area contributed by atoms with Crippen molar-refractivity contribution in [3.05, 3.63) is 30.5 Å². The van der Waals surface area contributed by atoms with E-state index in [2.05, 4.69) is 15.5 Å². The van der Waals surface area contributed by atoms with Gasteiger partial charge in [-0.2, -0.15) is 5.10 Å². The molecular weight excluding hydrogens is 230 g/mol. The van der Waals surface area contributed by atoms with E-state index < -0.39 is 11.9 Å². The van der Waals surface area contributed by atoms with Crippen molar-refractivity contribution in [1.82, 2.24) is 10.2 Å². The van der Waals surface area contributed by atoms with Crippen molar-refractivity contribution in [3.63, 3.8) is 0 Å². The minimum atomic E-state index is -0.793. The largest absolute Gasteiger partial charge is 0.481 e. The van der Waals surface area contributed by atoms with E-state index in [9.17, 15) is 4.79 Å². The molecule has 0 radical (unpaired) electrons.